The normalized spacial score (nSPS) is 15.7. The number of para-hydroxylation sites is 2. The van der Waals surface area contributed by atoms with Gasteiger partial charge in [-0.15, -0.1) is 0 Å². The van der Waals surface area contributed by atoms with Crippen LogP contribution in [0.25, 0.3) is 0 Å². The Balaban J connectivity index is 1.54. The average Bonchev–Trinajstić information content (AvgIpc) is 2.65. The summed E-state index contributed by atoms with van der Waals surface area (Å²) in [5.41, 5.74) is 1.78. The van der Waals surface area contributed by atoms with E-state index in [4.69, 9.17) is 27.9 Å². The lowest BCUT2D eigenvalue weighted by Crippen LogP contribution is -2.37. The summed E-state index contributed by atoms with van der Waals surface area (Å²) in [6.07, 6.45) is 1.65. The molecule has 1 saturated heterocycles. The van der Waals surface area contributed by atoms with Crippen molar-refractivity contribution in [3.63, 3.8) is 0 Å². The van der Waals surface area contributed by atoms with E-state index in [2.05, 4.69) is 10.2 Å². The number of likely N-dealkylation sites (tertiary alicyclic amines) is 1. The van der Waals surface area contributed by atoms with E-state index in [1.165, 1.54) is 0 Å². The van der Waals surface area contributed by atoms with Crippen LogP contribution in [0.5, 0.6) is 5.75 Å². The second kappa shape index (κ2) is 8.76. The molecule has 138 valence electrons. The number of hydrogen-bond acceptors (Lipinski definition) is 3. The molecule has 0 atom stereocenters. The quantitative estimate of drug-likeness (QED) is 0.790. The summed E-state index contributed by atoms with van der Waals surface area (Å²) in [6, 6.07) is 13.1. The van der Waals surface area contributed by atoms with Gasteiger partial charge in [0, 0.05) is 22.5 Å². The maximum atomic E-state index is 12.6. The van der Waals surface area contributed by atoms with Gasteiger partial charge in [-0.25, -0.2) is 0 Å². The number of ether oxygens (including phenoxy) is 1. The van der Waals surface area contributed by atoms with Crippen molar-refractivity contribution in [2.24, 2.45) is 5.92 Å². The molecule has 1 aliphatic rings. The molecule has 0 saturated carbocycles. The van der Waals surface area contributed by atoms with Crippen LogP contribution in [0.1, 0.15) is 18.4 Å². The van der Waals surface area contributed by atoms with Crippen LogP contribution in [0.3, 0.4) is 0 Å². The maximum Gasteiger partial charge on any atom is 0.227 e. The molecule has 1 aliphatic heterocycles. The molecule has 0 radical (unpaired) electrons. The van der Waals surface area contributed by atoms with Crippen molar-refractivity contribution in [1.82, 2.24) is 4.90 Å². The number of nitrogens with zero attached hydrogens (tertiary/aromatic N) is 1. The first-order valence-electron chi connectivity index (χ1n) is 8.67. The molecule has 1 fully saturated rings. The van der Waals surface area contributed by atoms with Gasteiger partial charge in [-0.2, -0.15) is 0 Å². The molecule has 3 rings (SSSR count). The van der Waals surface area contributed by atoms with E-state index in [0.29, 0.717) is 15.8 Å². The Hall–Kier alpha value is -1.75. The van der Waals surface area contributed by atoms with Crippen LogP contribution in [-0.2, 0) is 11.3 Å². The molecule has 1 N–H and O–H groups in total. The van der Waals surface area contributed by atoms with Crippen molar-refractivity contribution in [2.45, 2.75) is 19.4 Å². The number of nitrogens with one attached hydrogen (secondary N) is 1. The molecule has 26 heavy (non-hydrogen) atoms. The molecular weight excluding hydrogens is 371 g/mol. The van der Waals surface area contributed by atoms with Gasteiger partial charge in [0.25, 0.3) is 0 Å². The average molecular weight is 393 g/mol. The molecule has 0 aromatic heterocycles. The summed E-state index contributed by atoms with van der Waals surface area (Å²) in [5, 5.41) is 4.33. The highest BCUT2D eigenvalue weighted by Gasteiger charge is 2.25. The van der Waals surface area contributed by atoms with Crippen molar-refractivity contribution in [1.29, 1.82) is 0 Å². The highest BCUT2D eigenvalue weighted by molar-refractivity contribution is 6.35. The number of hydrogen-bond donors (Lipinski definition) is 1. The molecule has 2 aromatic rings. The van der Waals surface area contributed by atoms with E-state index in [1.807, 2.05) is 36.4 Å². The third kappa shape index (κ3) is 4.70. The lowest BCUT2D eigenvalue weighted by atomic mass is 9.95. The minimum atomic E-state index is 0.0110. The van der Waals surface area contributed by atoms with E-state index >= 15 is 0 Å². The third-order valence-corrected chi connectivity index (χ3v) is 5.32. The topological polar surface area (TPSA) is 41.6 Å². The van der Waals surface area contributed by atoms with Crippen LogP contribution in [0.2, 0.25) is 10.0 Å². The van der Waals surface area contributed by atoms with E-state index in [-0.39, 0.29) is 11.8 Å². The fraction of sp³-hybridized carbons (Fsp3) is 0.350. The van der Waals surface area contributed by atoms with Crippen LogP contribution in [0, 0.1) is 5.92 Å². The smallest absolute Gasteiger partial charge is 0.227 e. The molecule has 0 unspecified atom stereocenters. The number of rotatable bonds is 5. The fourth-order valence-electron chi connectivity index (χ4n) is 3.23. The Morgan fingerprint density at radius 3 is 2.62 bits per heavy atom. The van der Waals surface area contributed by atoms with Crippen LogP contribution < -0.4 is 10.1 Å². The molecule has 2 aromatic carbocycles. The number of benzene rings is 2. The predicted molar refractivity (Wildman–Crippen MR) is 106 cm³/mol. The summed E-state index contributed by atoms with van der Waals surface area (Å²) < 4.78 is 5.29. The second-order valence-corrected chi connectivity index (χ2v) is 7.32. The molecule has 6 heteroatoms. The molecule has 0 spiro atoms. The van der Waals surface area contributed by atoms with Gasteiger partial charge in [-0.3, -0.25) is 9.69 Å². The third-order valence-electron chi connectivity index (χ3n) is 4.73. The zero-order chi connectivity index (χ0) is 18.5. The van der Waals surface area contributed by atoms with Gasteiger partial charge in [0.15, 0.2) is 0 Å². The Morgan fingerprint density at radius 1 is 1.19 bits per heavy atom. The van der Waals surface area contributed by atoms with Crippen LogP contribution in [0.4, 0.5) is 5.69 Å². The van der Waals surface area contributed by atoms with Crippen molar-refractivity contribution < 1.29 is 9.53 Å². The Labute approximate surface area is 164 Å². The first-order valence-corrected chi connectivity index (χ1v) is 9.42. The van der Waals surface area contributed by atoms with Crippen LogP contribution >= 0.6 is 23.2 Å². The van der Waals surface area contributed by atoms with Gasteiger partial charge in [-0.1, -0.05) is 41.4 Å². The van der Waals surface area contributed by atoms with Crippen LogP contribution in [0.15, 0.2) is 42.5 Å². The lowest BCUT2D eigenvalue weighted by Gasteiger charge is -2.31. The summed E-state index contributed by atoms with van der Waals surface area (Å²) >= 11 is 12.2. The van der Waals surface area contributed by atoms with Gasteiger partial charge in [0.1, 0.15) is 5.75 Å². The minimum absolute atomic E-state index is 0.0110. The molecular formula is C20H22Cl2N2O2. The number of methoxy groups -OCH3 is 1. The monoisotopic (exact) mass is 392 g/mol. The Morgan fingerprint density at radius 2 is 1.92 bits per heavy atom. The number of amides is 1. The highest BCUT2D eigenvalue weighted by atomic mass is 35.5. The van der Waals surface area contributed by atoms with E-state index in [0.717, 1.165) is 43.7 Å². The van der Waals surface area contributed by atoms with Gasteiger partial charge in [-0.05, 0) is 55.8 Å². The fourth-order valence-corrected chi connectivity index (χ4v) is 3.70. The zero-order valence-electron chi connectivity index (χ0n) is 14.7. The first-order chi connectivity index (χ1) is 12.6. The molecule has 4 nitrogen and oxygen atoms in total. The minimum Gasteiger partial charge on any atom is -0.495 e. The van der Waals surface area contributed by atoms with E-state index < -0.39 is 0 Å². The van der Waals surface area contributed by atoms with Crippen molar-refractivity contribution >= 4 is 34.8 Å². The summed E-state index contributed by atoms with van der Waals surface area (Å²) in [5.74, 6) is 0.742. The summed E-state index contributed by atoms with van der Waals surface area (Å²) in [4.78, 5) is 14.9. The van der Waals surface area contributed by atoms with Crippen molar-refractivity contribution in [2.75, 3.05) is 25.5 Å². The van der Waals surface area contributed by atoms with Crippen molar-refractivity contribution in [3.05, 3.63) is 58.1 Å². The first kappa shape index (κ1) is 19.0. The van der Waals surface area contributed by atoms with Crippen molar-refractivity contribution in [3.8, 4) is 5.75 Å². The lowest BCUT2D eigenvalue weighted by molar-refractivity contribution is -0.121. The largest absolute Gasteiger partial charge is 0.495 e. The standard InChI is InChI=1S/C20H22Cl2N2O2/c1-26-19-5-3-2-4-18(19)23-20(25)14-8-10-24(11-9-14)13-15-6-7-16(21)12-17(15)22/h2-7,12,14H,8-11,13H2,1H3,(H,23,25). The maximum absolute atomic E-state index is 12.6. The summed E-state index contributed by atoms with van der Waals surface area (Å²) in [6.45, 7) is 2.50. The highest BCUT2D eigenvalue weighted by Crippen LogP contribution is 2.27. The SMILES string of the molecule is COc1ccccc1NC(=O)C1CCN(Cc2ccc(Cl)cc2Cl)CC1. The predicted octanol–water partition coefficient (Wildman–Crippen LogP) is 4.85. The number of anilines is 1. The van der Waals surface area contributed by atoms with Gasteiger partial charge in [0.2, 0.25) is 5.91 Å². The molecule has 1 heterocycles. The number of halogens is 2. The Bertz CT molecular complexity index is 774. The molecule has 0 bridgehead atoms. The molecule has 0 aliphatic carbocycles. The second-order valence-electron chi connectivity index (χ2n) is 6.48. The number of carbonyl (C=O) groups is 1. The van der Waals surface area contributed by atoms with Gasteiger partial charge >= 0.3 is 0 Å². The van der Waals surface area contributed by atoms with Crippen LogP contribution in [-0.4, -0.2) is 31.0 Å². The summed E-state index contributed by atoms with van der Waals surface area (Å²) in [7, 11) is 1.60. The van der Waals surface area contributed by atoms with Gasteiger partial charge < -0.3 is 10.1 Å². The van der Waals surface area contributed by atoms with E-state index in [9.17, 15) is 4.79 Å². The number of carbonyl (C=O) groups excluding carboxylic acids is 1. The number of piperidine rings is 1. The Kier molecular flexibility index (Phi) is 6.41. The zero-order valence-corrected chi connectivity index (χ0v) is 16.2. The van der Waals surface area contributed by atoms with E-state index in [1.54, 1.807) is 13.2 Å². The molecule has 1 amide bonds. The van der Waals surface area contributed by atoms with Gasteiger partial charge in [0.05, 0.1) is 12.8 Å².